The number of aryl methyl sites for hydroxylation is 1. The lowest BCUT2D eigenvalue weighted by atomic mass is 10.0. The third-order valence-corrected chi connectivity index (χ3v) is 3.77. The quantitative estimate of drug-likeness (QED) is 0.856. The molecule has 4 nitrogen and oxygen atoms in total. The van der Waals surface area contributed by atoms with Crippen LogP contribution in [0.1, 0.15) is 37.8 Å². The van der Waals surface area contributed by atoms with Crippen LogP contribution in [0.4, 0.5) is 0 Å². The Morgan fingerprint density at radius 2 is 1.90 bits per heavy atom. The highest BCUT2D eigenvalue weighted by atomic mass is 16.5. The Morgan fingerprint density at radius 3 is 2.52 bits per heavy atom. The van der Waals surface area contributed by atoms with Gasteiger partial charge in [-0.3, -0.25) is 4.79 Å². The monoisotopic (exact) mass is 291 g/mol. The summed E-state index contributed by atoms with van der Waals surface area (Å²) >= 11 is 0. The van der Waals surface area contributed by atoms with E-state index in [-0.39, 0.29) is 5.91 Å². The number of amides is 1. The standard InChI is InChI=1S/C17H25NO3/c1-12(2)15-6-5-13(3)11-16(15)21-14(4)17(19)18-7-9-20-10-8-18/h5-6,11-12,14H,7-10H2,1-4H3/t14-/m1/s1. The van der Waals surface area contributed by atoms with E-state index in [2.05, 4.69) is 26.0 Å². The van der Waals surface area contributed by atoms with Crippen molar-refractivity contribution in [1.82, 2.24) is 4.90 Å². The van der Waals surface area contributed by atoms with Gasteiger partial charge in [0.1, 0.15) is 5.75 Å². The first-order chi connectivity index (χ1) is 9.99. The van der Waals surface area contributed by atoms with Gasteiger partial charge in [0.25, 0.3) is 5.91 Å². The van der Waals surface area contributed by atoms with Crippen LogP contribution in [-0.4, -0.2) is 43.2 Å². The zero-order chi connectivity index (χ0) is 15.4. The van der Waals surface area contributed by atoms with Gasteiger partial charge in [0.05, 0.1) is 13.2 Å². The fourth-order valence-corrected chi connectivity index (χ4v) is 2.50. The number of carbonyl (C=O) groups is 1. The summed E-state index contributed by atoms with van der Waals surface area (Å²) in [5.41, 5.74) is 2.28. The SMILES string of the molecule is Cc1ccc(C(C)C)c(O[C@H](C)C(=O)N2CCOCC2)c1. The van der Waals surface area contributed by atoms with E-state index in [1.165, 1.54) is 0 Å². The summed E-state index contributed by atoms with van der Waals surface area (Å²) < 4.78 is 11.3. The van der Waals surface area contributed by atoms with E-state index in [1.807, 2.05) is 24.8 Å². The van der Waals surface area contributed by atoms with Crippen molar-refractivity contribution in [2.45, 2.75) is 39.7 Å². The summed E-state index contributed by atoms with van der Waals surface area (Å²) in [7, 11) is 0. The molecule has 0 radical (unpaired) electrons. The van der Waals surface area contributed by atoms with Gasteiger partial charge < -0.3 is 14.4 Å². The van der Waals surface area contributed by atoms with Crippen molar-refractivity contribution in [1.29, 1.82) is 0 Å². The van der Waals surface area contributed by atoms with Crippen LogP contribution in [0.3, 0.4) is 0 Å². The van der Waals surface area contributed by atoms with Gasteiger partial charge >= 0.3 is 0 Å². The number of morpholine rings is 1. The lowest BCUT2D eigenvalue weighted by Gasteiger charge is -2.29. The second kappa shape index (κ2) is 6.94. The molecule has 0 aromatic heterocycles. The molecule has 1 fully saturated rings. The van der Waals surface area contributed by atoms with Crippen LogP contribution in [0, 0.1) is 6.92 Å². The van der Waals surface area contributed by atoms with Crippen LogP contribution in [0.15, 0.2) is 18.2 Å². The van der Waals surface area contributed by atoms with Crippen molar-refractivity contribution in [3.05, 3.63) is 29.3 Å². The summed E-state index contributed by atoms with van der Waals surface area (Å²) in [5.74, 6) is 1.22. The number of carbonyl (C=O) groups excluding carboxylic acids is 1. The molecule has 1 saturated heterocycles. The minimum atomic E-state index is -0.470. The van der Waals surface area contributed by atoms with E-state index >= 15 is 0 Å². The van der Waals surface area contributed by atoms with E-state index in [0.29, 0.717) is 32.2 Å². The summed E-state index contributed by atoms with van der Waals surface area (Å²) in [6.45, 7) is 10.6. The molecule has 0 spiro atoms. The second-order valence-electron chi connectivity index (χ2n) is 5.89. The first-order valence-electron chi connectivity index (χ1n) is 7.62. The average Bonchev–Trinajstić information content (AvgIpc) is 2.47. The van der Waals surface area contributed by atoms with Crippen molar-refractivity contribution < 1.29 is 14.3 Å². The minimum absolute atomic E-state index is 0.0366. The van der Waals surface area contributed by atoms with E-state index in [0.717, 1.165) is 16.9 Å². The molecular formula is C17H25NO3. The molecule has 1 aromatic carbocycles. The van der Waals surface area contributed by atoms with Crippen molar-refractivity contribution in [2.24, 2.45) is 0 Å². The van der Waals surface area contributed by atoms with Crippen molar-refractivity contribution in [3.8, 4) is 5.75 Å². The number of ether oxygens (including phenoxy) is 2. The summed E-state index contributed by atoms with van der Waals surface area (Å²) in [5, 5.41) is 0. The summed E-state index contributed by atoms with van der Waals surface area (Å²) in [6, 6.07) is 6.18. The van der Waals surface area contributed by atoms with Crippen molar-refractivity contribution in [2.75, 3.05) is 26.3 Å². The first kappa shape index (κ1) is 15.8. The number of rotatable bonds is 4. The van der Waals surface area contributed by atoms with Crippen molar-refractivity contribution >= 4 is 5.91 Å². The number of hydrogen-bond donors (Lipinski definition) is 0. The lowest BCUT2D eigenvalue weighted by molar-refractivity contribution is -0.142. The van der Waals surface area contributed by atoms with Crippen LogP contribution in [0.5, 0.6) is 5.75 Å². The van der Waals surface area contributed by atoms with Gasteiger partial charge in [-0.2, -0.15) is 0 Å². The maximum atomic E-state index is 12.4. The maximum Gasteiger partial charge on any atom is 0.263 e. The fraction of sp³-hybridized carbons (Fsp3) is 0.588. The molecule has 1 heterocycles. The molecule has 1 aliphatic rings. The van der Waals surface area contributed by atoms with Crippen LogP contribution >= 0.6 is 0 Å². The predicted molar refractivity (Wildman–Crippen MR) is 82.8 cm³/mol. The van der Waals surface area contributed by atoms with Crippen LogP contribution < -0.4 is 4.74 Å². The number of benzene rings is 1. The molecular weight excluding hydrogens is 266 g/mol. The molecule has 0 bridgehead atoms. The fourth-order valence-electron chi connectivity index (χ4n) is 2.50. The van der Waals surface area contributed by atoms with E-state index in [9.17, 15) is 4.79 Å². The van der Waals surface area contributed by atoms with E-state index in [4.69, 9.17) is 9.47 Å². The third kappa shape index (κ3) is 3.97. The zero-order valence-electron chi connectivity index (χ0n) is 13.4. The predicted octanol–water partition coefficient (Wildman–Crippen LogP) is 2.74. The molecule has 116 valence electrons. The van der Waals surface area contributed by atoms with Crippen LogP contribution in [-0.2, 0) is 9.53 Å². The first-order valence-corrected chi connectivity index (χ1v) is 7.62. The van der Waals surface area contributed by atoms with Crippen LogP contribution in [0.2, 0.25) is 0 Å². The molecule has 1 aliphatic heterocycles. The Balaban J connectivity index is 2.09. The third-order valence-electron chi connectivity index (χ3n) is 3.77. The smallest absolute Gasteiger partial charge is 0.263 e. The molecule has 1 amide bonds. The van der Waals surface area contributed by atoms with Gasteiger partial charge in [-0.25, -0.2) is 0 Å². The highest BCUT2D eigenvalue weighted by Crippen LogP contribution is 2.28. The van der Waals surface area contributed by atoms with Gasteiger partial charge in [0.15, 0.2) is 6.10 Å². The highest BCUT2D eigenvalue weighted by Gasteiger charge is 2.24. The molecule has 1 atom stereocenters. The second-order valence-corrected chi connectivity index (χ2v) is 5.89. The van der Waals surface area contributed by atoms with Crippen LogP contribution in [0.25, 0.3) is 0 Å². The molecule has 4 heteroatoms. The topological polar surface area (TPSA) is 38.8 Å². The largest absolute Gasteiger partial charge is 0.481 e. The van der Waals surface area contributed by atoms with Gasteiger partial charge in [-0.15, -0.1) is 0 Å². The number of nitrogens with zero attached hydrogens (tertiary/aromatic N) is 1. The van der Waals surface area contributed by atoms with E-state index < -0.39 is 6.10 Å². The Bertz CT molecular complexity index is 493. The highest BCUT2D eigenvalue weighted by molar-refractivity contribution is 5.81. The zero-order valence-corrected chi connectivity index (χ0v) is 13.4. The van der Waals surface area contributed by atoms with Crippen molar-refractivity contribution in [3.63, 3.8) is 0 Å². The Hall–Kier alpha value is -1.55. The Labute approximate surface area is 127 Å². The minimum Gasteiger partial charge on any atom is -0.481 e. The summed E-state index contributed by atoms with van der Waals surface area (Å²) in [4.78, 5) is 14.2. The average molecular weight is 291 g/mol. The molecule has 1 aromatic rings. The van der Waals surface area contributed by atoms with Gasteiger partial charge in [0.2, 0.25) is 0 Å². The summed E-state index contributed by atoms with van der Waals surface area (Å²) in [6.07, 6.45) is -0.470. The normalized spacial score (nSPS) is 16.9. The number of hydrogen-bond acceptors (Lipinski definition) is 3. The van der Waals surface area contributed by atoms with E-state index in [1.54, 1.807) is 0 Å². The molecule has 0 aliphatic carbocycles. The maximum absolute atomic E-state index is 12.4. The Morgan fingerprint density at radius 1 is 1.24 bits per heavy atom. The van der Waals surface area contributed by atoms with Gasteiger partial charge in [0, 0.05) is 13.1 Å². The molecule has 0 saturated carbocycles. The Kier molecular flexibility index (Phi) is 5.23. The van der Waals surface area contributed by atoms with Gasteiger partial charge in [-0.1, -0.05) is 26.0 Å². The van der Waals surface area contributed by atoms with Gasteiger partial charge in [-0.05, 0) is 37.0 Å². The molecule has 2 rings (SSSR count). The molecule has 21 heavy (non-hydrogen) atoms. The lowest BCUT2D eigenvalue weighted by Crippen LogP contribution is -2.46. The molecule has 0 unspecified atom stereocenters. The molecule has 0 N–H and O–H groups in total.